The summed E-state index contributed by atoms with van der Waals surface area (Å²) < 4.78 is 5.60. The molecular formula is C18H18N2O. The molecule has 1 heterocycles. The maximum Gasteiger partial charge on any atom is 0.0894 e. The molecule has 0 radical (unpaired) electrons. The van der Waals surface area contributed by atoms with E-state index in [0.29, 0.717) is 0 Å². The number of rotatable bonds is 4. The van der Waals surface area contributed by atoms with Crippen LogP contribution in [0.3, 0.4) is 0 Å². The number of aromatic nitrogens is 2. The summed E-state index contributed by atoms with van der Waals surface area (Å²) >= 11 is 0. The van der Waals surface area contributed by atoms with Crippen LogP contribution in [0.25, 0.3) is 22.3 Å². The average molecular weight is 278 g/mol. The largest absolute Gasteiger partial charge is 0.374 e. The van der Waals surface area contributed by atoms with Gasteiger partial charge in [-0.1, -0.05) is 36.4 Å². The third-order valence-electron chi connectivity index (χ3n) is 3.54. The number of para-hydroxylation sites is 2. The van der Waals surface area contributed by atoms with E-state index in [1.165, 1.54) is 5.56 Å². The van der Waals surface area contributed by atoms with E-state index < -0.39 is 0 Å². The number of nitrogens with zero attached hydrogens (tertiary/aromatic N) is 2. The smallest absolute Gasteiger partial charge is 0.0894 e. The molecule has 0 spiro atoms. The number of fused-ring (bicyclic) bond motifs is 1. The molecule has 0 saturated heterocycles. The van der Waals surface area contributed by atoms with Crippen molar-refractivity contribution in [3.63, 3.8) is 0 Å². The predicted molar refractivity (Wildman–Crippen MR) is 85.0 cm³/mol. The van der Waals surface area contributed by atoms with Gasteiger partial charge in [0.25, 0.3) is 0 Å². The second kappa shape index (κ2) is 6.02. The van der Waals surface area contributed by atoms with Crippen LogP contribution >= 0.6 is 0 Å². The normalized spacial score (nSPS) is 12.5. The maximum atomic E-state index is 5.60. The molecule has 1 unspecified atom stereocenters. The van der Waals surface area contributed by atoms with Gasteiger partial charge >= 0.3 is 0 Å². The van der Waals surface area contributed by atoms with Crippen molar-refractivity contribution >= 4 is 11.0 Å². The lowest BCUT2D eigenvalue weighted by Gasteiger charge is -2.12. The third kappa shape index (κ3) is 2.93. The molecule has 21 heavy (non-hydrogen) atoms. The molecule has 0 saturated carbocycles. The van der Waals surface area contributed by atoms with E-state index in [9.17, 15) is 0 Å². The zero-order valence-corrected chi connectivity index (χ0v) is 12.3. The fourth-order valence-electron chi connectivity index (χ4n) is 2.37. The second-order valence-electron chi connectivity index (χ2n) is 4.96. The molecule has 0 bridgehead atoms. The highest BCUT2D eigenvalue weighted by molar-refractivity contribution is 5.76. The van der Waals surface area contributed by atoms with E-state index in [-0.39, 0.29) is 6.10 Å². The summed E-state index contributed by atoms with van der Waals surface area (Å²) in [6, 6.07) is 16.2. The van der Waals surface area contributed by atoms with Gasteiger partial charge in [-0.25, -0.2) is 4.98 Å². The summed E-state index contributed by atoms with van der Waals surface area (Å²) in [7, 11) is 0. The predicted octanol–water partition coefficient (Wildman–Crippen LogP) is 4.39. The number of ether oxygens (including phenoxy) is 1. The lowest BCUT2D eigenvalue weighted by atomic mass is 10.1. The Labute approximate surface area is 124 Å². The van der Waals surface area contributed by atoms with Gasteiger partial charge in [0.05, 0.1) is 29.0 Å². The van der Waals surface area contributed by atoms with Crippen LogP contribution in [0, 0.1) is 0 Å². The van der Waals surface area contributed by atoms with E-state index in [2.05, 4.69) is 41.2 Å². The summed E-state index contributed by atoms with van der Waals surface area (Å²) in [5.74, 6) is 0. The van der Waals surface area contributed by atoms with Crippen LogP contribution in [0.15, 0.2) is 54.7 Å². The fraction of sp³-hybridized carbons (Fsp3) is 0.222. The van der Waals surface area contributed by atoms with Crippen LogP contribution in [0.5, 0.6) is 0 Å². The van der Waals surface area contributed by atoms with Crippen LogP contribution < -0.4 is 0 Å². The molecule has 0 aliphatic carbocycles. The van der Waals surface area contributed by atoms with Gasteiger partial charge in [-0.15, -0.1) is 0 Å². The minimum Gasteiger partial charge on any atom is -0.374 e. The first-order valence-corrected chi connectivity index (χ1v) is 7.21. The summed E-state index contributed by atoms with van der Waals surface area (Å²) in [4.78, 5) is 9.12. The monoisotopic (exact) mass is 278 g/mol. The van der Waals surface area contributed by atoms with Crippen LogP contribution in [-0.4, -0.2) is 16.6 Å². The van der Waals surface area contributed by atoms with Crippen LogP contribution in [0.2, 0.25) is 0 Å². The molecular weight excluding hydrogens is 260 g/mol. The molecule has 0 fully saturated rings. The Hall–Kier alpha value is -2.26. The SMILES string of the molecule is CCOC(C)c1ccc(-c2cnc3ccccc3n2)cc1. The molecule has 0 amide bonds. The third-order valence-corrected chi connectivity index (χ3v) is 3.54. The highest BCUT2D eigenvalue weighted by Crippen LogP contribution is 2.23. The Morgan fingerprint density at radius 1 is 1.00 bits per heavy atom. The topological polar surface area (TPSA) is 35.0 Å². The van der Waals surface area contributed by atoms with E-state index in [0.717, 1.165) is 28.9 Å². The Bertz CT molecular complexity index is 738. The van der Waals surface area contributed by atoms with E-state index in [1.54, 1.807) is 0 Å². The van der Waals surface area contributed by atoms with Crippen LogP contribution in [-0.2, 0) is 4.74 Å². The number of hydrogen-bond acceptors (Lipinski definition) is 3. The van der Waals surface area contributed by atoms with Gasteiger partial charge in [0, 0.05) is 12.2 Å². The van der Waals surface area contributed by atoms with E-state index >= 15 is 0 Å². The molecule has 3 nitrogen and oxygen atoms in total. The zero-order chi connectivity index (χ0) is 14.7. The van der Waals surface area contributed by atoms with Crippen LogP contribution in [0.1, 0.15) is 25.5 Å². The molecule has 0 aliphatic heterocycles. The molecule has 3 rings (SSSR count). The van der Waals surface area contributed by atoms with Crippen molar-refractivity contribution < 1.29 is 4.74 Å². The van der Waals surface area contributed by atoms with E-state index in [1.807, 2.05) is 37.4 Å². The first-order valence-electron chi connectivity index (χ1n) is 7.21. The first-order chi connectivity index (χ1) is 10.3. The Morgan fingerprint density at radius 2 is 1.71 bits per heavy atom. The lowest BCUT2D eigenvalue weighted by molar-refractivity contribution is 0.0764. The molecule has 106 valence electrons. The minimum atomic E-state index is 0.117. The molecule has 0 N–H and O–H groups in total. The van der Waals surface area contributed by atoms with Crippen molar-refractivity contribution in [2.24, 2.45) is 0 Å². The molecule has 1 aromatic heterocycles. The quantitative estimate of drug-likeness (QED) is 0.709. The van der Waals surface area contributed by atoms with Gasteiger partial charge in [-0.2, -0.15) is 0 Å². The molecule has 1 atom stereocenters. The van der Waals surface area contributed by atoms with Crippen LogP contribution in [0.4, 0.5) is 0 Å². The van der Waals surface area contributed by atoms with Gasteiger partial charge in [0.15, 0.2) is 0 Å². The summed E-state index contributed by atoms with van der Waals surface area (Å²) in [5.41, 5.74) is 4.98. The van der Waals surface area contributed by atoms with Gasteiger partial charge in [0.2, 0.25) is 0 Å². The number of hydrogen-bond donors (Lipinski definition) is 0. The average Bonchev–Trinajstić information content (AvgIpc) is 2.55. The Morgan fingerprint density at radius 3 is 2.43 bits per heavy atom. The highest BCUT2D eigenvalue weighted by Gasteiger charge is 2.06. The highest BCUT2D eigenvalue weighted by atomic mass is 16.5. The number of benzene rings is 2. The van der Waals surface area contributed by atoms with E-state index in [4.69, 9.17) is 4.74 Å². The molecule has 2 aromatic carbocycles. The van der Waals surface area contributed by atoms with Gasteiger partial charge in [-0.3, -0.25) is 4.98 Å². The molecule has 3 aromatic rings. The van der Waals surface area contributed by atoms with Crippen molar-refractivity contribution in [2.45, 2.75) is 20.0 Å². The van der Waals surface area contributed by atoms with Gasteiger partial charge < -0.3 is 4.74 Å². The molecule has 0 aliphatic rings. The molecule has 3 heteroatoms. The second-order valence-corrected chi connectivity index (χ2v) is 4.96. The summed E-state index contributed by atoms with van der Waals surface area (Å²) in [6.45, 7) is 4.79. The van der Waals surface area contributed by atoms with Gasteiger partial charge in [-0.05, 0) is 31.5 Å². The van der Waals surface area contributed by atoms with Crippen molar-refractivity contribution in [1.82, 2.24) is 9.97 Å². The maximum absolute atomic E-state index is 5.60. The lowest BCUT2D eigenvalue weighted by Crippen LogP contribution is -1.99. The fourth-order valence-corrected chi connectivity index (χ4v) is 2.37. The summed E-state index contributed by atoms with van der Waals surface area (Å²) in [6.07, 6.45) is 1.94. The van der Waals surface area contributed by atoms with Gasteiger partial charge in [0.1, 0.15) is 0 Å². The standard InChI is InChI=1S/C18H18N2O/c1-3-21-13(2)14-8-10-15(11-9-14)18-12-19-16-6-4-5-7-17(16)20-18/h4-13H,3H2,1-2H3. The first kappa shape index (κ1) is 13.7. The van der Waals surface area contributed by atoms with Crippen molar-refractivity contribution in [3.05, 3.63) is 60.3 Å². The Balaban J connectivity index is 1.91. The Kier molecular flexibility index (Phi) is 3.93. The van der Waals surface area contributed by atoms with Crippen molar-refractivity contribution in [2.75, 3.05) is 6.61 Å². The summed E-state index contributed by atoms with van der Waals surface area (Å²) in [5, 5.41) is 0. The van der Waals surface area contributed by atoms with Crippen molar-refractivity contribution in [1.29, 1.82) is 0 Å². The van der Waals surface area contributed by atoms with Crippen molar-refractivity contribution in [3.8, 4) is 11.3 Å². The zero-order valence-electron chi connectivity index (χ0n) is 12.3. The minimum absolute atomic E-state index is 0.117.